The van der Waals surface area contributed by atoms with E-state index in [2.05, 4.69) is 10.1 Å². The van der Waals surface area contributed by atoms with Crippen molar-refractivity contribution in [3.8, 4) is 17.6 Å². The van der Waals surface area contributed by atoms with Gasteiger partial charge in [-0.25, -0.2) is 0 Å². The van der Waals surface area contributed by atoms with Gasteiger partial charge in [0.1, 0.15) is 18.0 Å². The SMILES string of the molecule is COc1ccc(Cc2noc(CN3CC(C)(C)C(Oc4ccc(C#N)c(C(F)(F)F)c4)C3=O)n2)cc1. The van der Waals surface area contributed by atoms with Crippen LogP contribution in [0.4, 0.5) is 13.2 Å². The molecule has 0 saturated carbocycles. The van der Waals surface area contributed by atoms with E-state index in [0.717, 1.165) is 23.4 Å². The first-order valence-corrected chi connectivity index (χ1v) is 11.0. The maximum absolute atomic E-state index is 13.3. The van der Waals surface area contributed by atoms with Gasteiger partial charge < -0.3 is 18.9 Å². The number of hydrogen-bond donors (Lipinski definition) is 0. The van der Waals surface area contributed by atoms with Gasteiger partial charge in [-0.05, 0) is 35.9 Å². The number of carbonyl (C=O) groups excluding carboxylic acids is 1. The average molecular weight is 500 g/mol. The lowest BCUT2D eigenvalue weighted by Crippen LogP contribution is -2.36. The third kappa shape index (κ3) is 5.27. The fraction of sp³-hybridized carbons (Fsp3) is 0.360. The van der Waals surface area contributed by atoms with Crippen LogP contribution in [0.25, 0.3) is 0 Å². The maximum atomic E-state index is 13.3. The molecule has 36 heavy (non-hydrogen) atoms. The Bertz CT molecular complexity index is 1300. The van der Waals surface area contributed by atoms with Gasteiger partial charge in [0, 0.05) is 18.4 Å². The van der Waals surface area contributed by atoms with Gasteiger partial charge in [0.25, 0.3) is 5.91 Å². The van der Waals surface area contributed by atoms with Crippen molar-refractivity contribution in [2.45, 2.75) is 39.1 Å². The molecule has 0 aliphatic carbocycles. The third-order valence-corrected chi connectivity index (χ3v) is 5.87. The van der Waals surface area contributed by atoms with Crippen LogP contribution in [0.5, 0.6) is 11.5 Å². The van der Waals surface area contributed by atoms with Crippen LogP contribution in [0.2, 0.25) is 0 Å². The molecule has 4 rings (SSSR count). The Morgan fingerprint density at radius 2 is 1.89 bits per heavy atom. The Kier molecular flexibility index (Phi) is 6.63. The van der Waals surface area contributed by atoms with Gasteiger partial charge >= 0.3 is 6.18 Å². The molecule has 1 unspecified atom stereocenters. The molecule has 0 bridgehead atoms. The quantitative estimate of drug-likeness (QED) is 0.475. The Labute approximate surface area is 205 Å². The number of carbonyl (C=O) groups is 1. The van der Waals surface area contributed by atoms with Crippen LogP contribution in [0.3, 0.4) is 0 Å². The molecule has 0 radical (unpaired) electrons. The van der Waals surface area contributed by atoms with Gasteiger partial charge in [-0.15, -0.1) is 0 Å². The van der Waals surface area contributed by atoms with Crippen molar-refractivity contribution in [1.82, 2.24) is 15.0 Å². The van der Waals surface area contributed by atoms with Crippen LogP contribution in [0, 0.1) is 16.7 Å². The zero-order valence-corrected chi connectivity index (χ0v) is 19.8. The summed E-state index contributed by atoms with van der Waals surface area (Å²) in [7, 11) is 1.58. The van der Waals surface area contributed by atoms with Crippen molar-refractivity contribution >= 4 is 5.91 Å². The second-order valence-electron chi connectivity index (χ2n) is 9.13. The second-order valence-corrected chi connectivity index (χ2v) is 9.13. The van der Waals surface area contributed by atoms with Crippen LogP contribution < -0.4 is 9.47 Å². The average Bonchev–Trinajstić information content (AvgIpc) is 3.35. The number of nitriles is 1. The van der Waals surface area contributed by atoms with Gasteiger partial charge in [0.15, 0.2) is 11.9 Å². The van der Waals surface area contributed by atoms with E-state index in [-0.39, 0.29) is 24.7 Å². The predicted octanol–water partition coefficient (Wildman–Crippen LogP) is 4.38. The van der Waals surface area contributed by atoms with E-state index in [1.54, 1.807) is 21.0 Å². The van der Waals surface area contributed by atoms with Gasteiger partial charge in [-0.1, -0.05) is 31.1 Å². The molecular weight excluding hydrogens is 477 g/mol. The van der Waals surface area contributed by atoms with E-state index in [4.69, 9.17) is 19.3 Å². The molecule has 1 saturated heterocycles. The first-order chi connectivity index (χ1) is 17.0. The summed E-state index contributed by atoms with van der Waals surface area (Å²) < 4.78 is 56.2. The molecule has 188 valence electrons. The molecule has 0 spiro atoms. The van der Waals surface area contributed by atoms with E-state index < -0.39 is 34.7 Å². The second kappa shape index (κ2) is 9.53. The minimum Gasteiger partial charge on any atom is -0.497 e. The highest BCUT2D eigenvalue weighted by atomic mass is 19.4. The Hall–Kier alpha value is -4.07. The largest absolute Gasteiger partial charge is 0.497 e. The summed E-state index contributed by atoms with van der Waals surface area (Å²) in [5.74, 6) is 0.865. The molecule has 2 heterocycles. The summed E-state index contributed by atoms with van der Waals surface area (Å²) in [6.45, 7) is 3.88. The molecule has 1 fully saturated rings. The first-order valence-electron chi connectivity index (χ1n) is 11.0. The predicted molar refractivity (Wildman–Crippen MR) is 120 cm³/mol. The fourth-order valence-corrected chi connectivity index (χ4v) is 4.08. The third-order valence-electron chi connectivity index (χ3n) is 5.87. The zero-order valence-electron chi connectivity index (χ0n) is 19.8. The Morgan fingerprint density at radius 3 is 2.53 bits per heavy atom. The van der Waals surface area contributed by atoms with Crippen molar-refractivity contribution in [3.63, 3.8) is 0 Å². The molecule has 11 heteroatoms. The normalized spacial score (nSPS) is 17.2. The van der Waals surface area contributed by atoms with Crippen molar-refractivity contribution in [3.05, 3.63) is 70.9 Å². The first kappa shape index (κ1) is 25.0. The number of hydrogen-bond acceptors (Lipinski definition) is 7. The van der Waals surface area contributed by atoms with Crippen LogP contribution in [0.1, 0.15) is 42.3 Å². The standard InChI is InChI=1S/C25H23F3N4O4/c1-24(2)14-32(13-21-30-20(31-36-21)10-15-4-7-17(34-3)8-5-15)23(33)22(24)35-18-9-6-16(12-29)19(11-18)25(26,27)28/h4-9,11,22H,10,13-14H2,1-3H3. The number of amides is 1. The van der Waals surface area contributed by atoms with Gasteiger partial charge in [-0.2, -0.15) is 23.4 Å². The van der Waals surface area contributed by atoms with Crippen molar-refractivity contribution in [2.24, 2.45) is 5.41 Å². The molecule has 3 aromatic rings. The van der Waals surface area contributed by atoms with E-state index in [1.165, 1.54) is 17.0 Å². The monoisotopic (exact) mass is 500 g/mol. The Morgan fingerprint density at radius 1 is 1.19 bits per heavy atom. The summed E-state index contributed by atoms with van der Waals surface area (Å²) in [5, 5.41) is 13.0. The number of benzene rings is 2. The number of likely N-dealkylation sites (tertiary alicyclic amines) is 1. The molecule has 1 aliphatic heterocycles. The fourth-order valence-electron chi connectivity index (χ4n) is 4.08. The van der Waals surface area contributed by atoms with E-state index >= 15 is 0 Å². The minimum absolute atomic E-state index is 0.0406. The maximum Gasteiger partial charge on any atom is 0.417 e. The lowest BCUT2D eigenvalue weighted by Gasteiger charge is -2.24. The zero-order chi connectivity index (χ0) is 26.1. The Balaban J connectivity index is 1.45. The molecule has 1 aliphatic rings. The summed E-state index contributed by atoms with van der Waals surface area (Å²) in [6.07, 6.45) is -5.33. The van der Waals surface area contributed by atoms with Crippen molar-refractivity contribution in [1.29, 1.82) is 5.26 Å². The molecule has 1 atom stereocenters. The number of ether oxygens (including phenoxy) is 2. The van der Waals surface area contributed by atoms with Crippen molar-refractivity contribution < 1.29 is 32.0 Å². The van der Waals surface area contributed by atoms with E-state index in [0.29, 0.717) is 12.2 Å². The molecule has 1 aromatic heterocycles. The molecule has 2 aromatic carbocycles. The van der Waals surface area contributed by atoms with Gasteiger partial charge in [0.2, 0.25) is 5.89 Å². The summed E-state index contributed by atoms with van der Waals surface area (Å²) in [4.78, 5) is 19.0. The molecular formula is C25H23F3N4O4. The van der Waals surface area contributed by atoms with Crippen molar-refractivity contribution in [2.75, 3.05) is 13.7 Å². The highest BCUT2D eigenvalue weighted by molar-refractivity contribution is 5.84. The topological polar surface area (TPSA) is 101 Å². The highest BCUT2D eigenvalue weighted by Crippen LogP contribution is 2.38. The van der Waals surface area contributed by atoms with Gasteiger partial charge in [0.05, 0.1) is 24.3 Å². The van der Waals surface area contributed by atoms with E-state index in [9.17, 15) is 18.0 Å². The summed E-state index contributed by atoms with van der Waals surface area (Å²) in [5.41, 5.74) is -1.39. The van der Waals surface area contributed by atoms with Crippen LogP contribution >= 0.6 is 0 Å². The number of alkyl halides is 3. The van der Waals surface area contributed by atoms with Crippen LogP contribution in [-0.2, 0) is 23.9 Å². The highest BCUT2D eigenvalue weighted by Gasteiger charge is 2.48. The minimum atomic E-state index is -4.73. The van der Waals surface area contributed by atoms with Crippen LogP contribution in [0.15, 0.2) is 47.0 Å². The number of halogens is 3. The summed E-state index contributed by atoms with van der Waals surface area (Å²) in [6, 6.07) is 12.0. The smallest absolute Gasteiger partial charge is 0.417 e. The number of aromatic nitrogens is 2. The lowest BCUT2D eigenvalue weighted by atomic mass is 9.89. The summed E-state index contributed by atoms with van der Waals surface area (Å²) >= 11 is 0. The number of methoxy groups -OCH3 is 1. The molecule has 0 N–H and O–H groups in total. The molecule has 8 nitrogen and oxygen atoms in total. The van der Waals surface area contributed by atoms with E-state index in [1.807, 2.05) is 24.3 Å². The number of rotatable bonds is 7. The van der Waals surface area contributed by atoms with Crippen LogP contribution in [-0.4, -0.2) is 40.7 Å². The molecule has 1 amide bonds. The van der Waals surface area contributed by atoms with Gasteiger partial charge in [-0.3, -0.25) is 4.79 Å². The lowest BCUT2D eigenvalue weighted by molar-refractivity contribution is -0.138. The number of nitrogens with zero attached hydrogens (tertiary/aromatic N) is 4.